The van der Waals surface area contributed by atoms with Crippen LogP contribution in [-0.4, -0.2) is 25.7 Å². The number of amides is 2. The van der Waals surface area contributed by atoms with E-state index in [2.05, 4.69) is 20.3 Å². The lowest BCUT2D eigenvalue weighted by molar-refractivity contribution is 0.262. The number of sulfonamides is 1. The van der Waals surface area contributed by atoms with Crippen molar-refractivity contribution < 1.29 is 13.2 Å². The molecule has 0 aliphatic rings. The fraction of sp³-hybridized carbons (Fsp3) is 0.176. The zero-order valence-corrected chi connectivity index (χ0v) is 16.1. The molecule has 0 aliphatic heterocycles. The van der Waals surface area contributed by atoms with Gasteiger partial charge >= 0.3 is 6.03 Å². The molecular weight excluding hydrogens is 372 g/mol. The van der Waals surface area contributed by atoms with Gasteiger partial charge in [-0.05, 0) is 49.2 Å². The van der Waals surface area contributed by atoms with Crippen LogP contribution >= 0.6 is 11.3 Å². The third-order valence-corrected chi connectivity index (χ3v) is 5.19. The van der Waals surface area contributed by atoms with Gasteiger partial charge in [0.1, 0.15) is 0 Å². The highest BCUT2D eigenvalue weighted by Crippen LogP contribution is 2.29. The van der Waals surface area contributed by atoms with Gasteiger partial charge in [-0.1, -0.05) is 23.5 Å². The van der Waals surface area contributed by atoms with Crippen molar-refractivity contribution in [3.8, 4) is 0 Å². The summed E-state index contributed by atoms with van der Waals surface area (Å²) in [6, 6.07) is 10.7. The monoisotopic (exact) mass is 390 g/mol. The highest BCUT2D eigenvalue weighted by Gasteiger charge is 2.10. The van der Waals surface area contributed by atoms with Crippen LogP contribution in [0.15, 0.2) is 36.4 Å². The molecule has 2 amide bonds. The second kappa shape index (κ2) is 6.93. The van der Waals surface area contributed by atoms with Gasteiger partial charge in [0, 0.05) is 11.4 Å². The fourth-order valence-corrected chi connectivity index (χ4v) is 4.10. The van der Waals surface area contributed by atoms with Crippen LogP contribution in [0.5, 0.6) is 0 Å². The number of nitrogens with one attached hydrogen (secondary N) is 3. The topological polar surface area (TPSA) is 100 Å². The molecule has 9 heteroatoms. The van der Waals surface area contributed by atoms with Crippen molar-refractivity contribution in [2.24, 2.45) is 0 Å². The van der Waals surface area contributed by atoms with Crippen molar-refractivity contribution >= 4 is 54.1 Å². The van der Waals surface area contributed by atoms with Crippen LogP contribution < -0.4 is 15.4 Å². The molecule has 0 radical (unpaired) electrons. The molecule has 0 bridgehead atoms. The normalized spacial score (nSPS) is 11.3. The van der Waals surface area contributed by atoms with E-state index in [1.54, 1.807) is 18.2 Å². The number of hydrogen-bond donors (Lipinski definition) is 3. The van der Waals surface area contributed by atoms with Crippen molar-refractivity contribution in [1.29, 1.82) is 0 Å². The standard InChI is InChI=1S/C17H18N4O3S2/c1-10-4-5-11(2)14(8-10)19-16(22)18-12-6-7-13-15(9-12)25-17(20-13)21-26(3,23)24/h4-9H,1-3H3,(H,20,21)(H2,18,19,22). The van der Waals surface area contributed by atoms with E-state index in [9.17, 15) is 13.2 Å². The molecular formula is C17H18N4O3S2. The van der Waals surface area contributed by atoms with Gasteiger partial charge in [0.15, 0.2) is 5.13 Å². The number of fused-ring (bicyclic) bond motifs is 1. The summed E-state index contributed by atoms with van der Waals surface area (Å²) in [4.78, 5) is 16.5. The Balaban J connectivity index is 1.76. The first kappa shape index (κ1) is 18.2. The number of urea groups is 1. The molecule has 0 atom stereocenters. The molecule has 1 aromatic heterocycles. The van der Waals surface area contributed by atoms with Gasteiger partial charge in [0.2, 0.25) is 10.0 Å². The molecule has 136 valence electrons. The van der Waals surface area contributed by atoms with E-state index >= 15 is 0 Å². The number of aryl methyl sites for hydroxylation is 2. The maximum absolute atomic E-state index is 12.2. The number of aromatic nitrogens is 1. The van der Waals surface area contributed by atoms with E-state index in [0.717, 1.165) is 27.8 Å². The van der Waals surface area contributed by atoms with E-state index in [1.807, 2.05) is 32.0 Å². The smallest absolute Gasteiger partial charge is 0.308 e. The number of carbonyl (C=O) groups excluding carboxylic acids is 1. The van der Waals surface area contributed by atoms with Gasteiger partial charge in [-0.25, -0.2) is 18.2 Å². The Morgan fingerprint density at radius 3 is 2.58 bits per heavy atom. The molecule has 3 aromatic rings. The largest absolute Gasteiger partial charge is 0.323 e. The van der Waals surface area contributed by atoms with E-state index in [-0.39, 0.29) is 6.03 Å². The minimum absolute atomic E-state index is 0.291. The summed E-state index contributed by atoms with van der Waals surface area (Å²) < 4.78 is 25.7. The van der Waals surface area contributed by atoms with Crippen LogP contribution in [0.1, 0.15) is 11.1 Å². The predicted octanol–water partition coefficient (Wildman–Crippen LogP) is 3.93. The van der Waals surface area contributed by atoms with Gasteiger partial charge in [-0.15, -0.1) is 0 Å². The Bertz CT molecular complexity index is 1090. The van der Waals surface area contributed by atoms with E-state index in [4.69, 9.17) is 0 Å². The van der Waals surface area contributed by atoms with Crippen LogP contribution in [0.3, 0.4) is 0 Å². The molecule has 0 saturated carbocycles. The molecule has 3 rings (SSSR count). The third-order valence-electron chi connectivity index (χ3n) is 3.56. The zero-order valence-electron chi connectivity index (χ0n) is 14.5. The molecule has 0 saturated heterocycles. The average Bonchev–Trinajstić information content (AvgIpc) is 2.90. The van der Waals surface area contributed by atoms with Crippen LogP contribution in [0.25, 0.3) is 10.2 Å². The maximum Gasteiger partial charge on any atom is 0.323 e. The van der Waals surface area contributed by atoms with Crippen molar-refractivity contribution in [3.63, 3.8) is 0 Å². The summed E-state index contributed by atoms with van der Waals surface area (Å²) in [6.45, 7) is 3.89. The van der Waals surface area contributed by atoms with E-state index in [1.165, 1.54) is 11.3 Å². The number of rotatable bonds is 4. The molecule has 1 heterocycles. The summed E-state index contributed by atoms with van der Waals surface area (Å²) >= 11 is 1.20. The predicted molar refractivity (Wildman–Crippen MR) is 107 cm³/mol. The Kier molecular flexibility index (Phi) is 4.84. The molecule has 3 N–H and O–H groups in total. The minimum Gasteiger partial charge on any atom is -0.308 e. The zero-order chi connectivity index (χ0) is 18.9. The van der Waals surface area contributed by atoms with E-state index < -0.39 is 10.0 Å². The fourth-order valence-electron chi connectivity index (χ4n) is 2.36. The quantitative estimate of drug-likeness (QED) is 0.628. The third kappa shape index (κ3) is 4.50. The molecule has 26 heavy (non-hydrogen) atoms. The minimum atomic E-state index is -3.38. The molecule has 0 spiro atoms. The number of benzene rings is 2. The first-order valence-corrected chi connectivity index (χ1v) is 10.4. The first-order chi connectivity index (χ1) is 12.2. The lowest BCUT2D eigenvalue weighted by Gasteiger charge is -2.10. The highest BCUT2D eigenvalue weighted by atomic mass is 32.2. The van der Waals surface area contributed by atoms with Crippen LogP contribution in [0, 0.1) is 13.8 Å². The van der Waals surface area contributed by atoms with Crippen molar-refractivity contribution in [3.05, 3.63) is 47.5 Å². The summed E-state index contributed by atoms with van der Waals surface area (Å²) in [7, 11) is -3.38. The number of nitrogens with zero attached hydrogens (tertiary/aromatic N) is 1. The molecule has 2 aromatic carbocycles. The number of anilines is 3. The van der Waals surface area contributed by atoms with Crippen LogP contribution in [0.2, 0.25) is 0 Å². The van der Waals surface area contributed by atoms with Gasteiger partial charge in [0.25, 0.3) is 0 Å². The Hall–Kier alpha value is -2.65. The summed E-state index contributed by atoms with van der Waals surface area (Å²) in [5.74, 6) is 0. The van der Waals surface area contributed by atoms with Gasteiger partial charge in [-0.2, -0.15) is 0 Å². The van der Waals surface area contributed by atoms with Crippen molar-refractivity contribution in [2.75, 3.05) is 21.6 Å². The Labute approximate surface area is 155 Å². The Morgan fingerprint density at radius 2 is 1.85 bits per heavy atom. The second-order valence-corrected chi connectivity index (χ2v) is 8.75. The maximum atomic E-state index is 12.2. The SMILES string of the molecule is Cc1ccc(C)c(NC(=O)Nc2ccc3nc(NS(C)(=O)=O)sc3c2)c1. The lowest BCUT2D eigenvalue weighted by atomic mass is 10.1. The molecule has 0 aliphatic carbocycles. The average molecular weight is 390 g/mol. The van der Waals surface area contributed by atoms with E-state index in [0.29, 0.717) is 16.3 Å². The molecule has 0 fully saturated rings. The lowest BCUT2D eigenvalue weighted by Crippen LogP contribution is -2.19. The molecule has 0 unspecified atom stereocenters. The summed E-state index contributed by atoms with van der Waals surface area (Å²) in [5, 5.41) is 5.90. The number of carbonyl (C=O) groups is 1. The number of hydrogen-bond acceptors (Lipinski definition) is 5. The second-order valence-electron chi connectivity index (χ2n) is 5.97. The molecule has 7 nitrogen and oxygen atoms in total. The van der Waals surface area contributed by atoms with Gasteiger partial charge in [0.05, 0.1) is 16.5 Å². The Morgan fingerprint density at radius 1 is 1.08 bits per heavy atom. The van der Waals surface area contributed by atoms with Crippen molar-refractivity contribution in [1.82, 2.24) is 4.98 Å². The highest BCUT2D eigenvalue weighted by molar-refractivity contribution is 7.92. The summed E-state index contributed by atoms with van der Waals surface area (Å²) in [5.41, 5.74) is 4.03. The van der Waals surface area contributed by atoms with Gasteiger partial charge in [-0.3, -0.25) is 4.72 Å². The summed E-state index contributed by atoms with van der Waals surface area (Å²) in [6.07, 6.45) is 1.07. The van der Waals surface area contributed by atoms with Crippen LogP contribution in [-0.2, 0) is 10.0 Å². The first-order valence-electron chi connectivity index (χ1n) is 7.73. The van der Waals surface area contributed by atoms with Crippen molar-refractivity contribution in [2.45, 2.75) is 13.8 Å². The van der Waals surface area contributed by atoms with Crippen LogP contribution in [0.4, 0.5) is 21.3 Å². The number of thiazole rings is 1. The van der Waals surface area contributed by atoms with Gasteiger partial charge < -0.3 is 10.6 Å².